The average molecular weight is 448 g/mol. The Morgan fingerprint density at radius 2 is 1.00 bits per heavy atom. The fourth-order valence-corrected chi connectivity index (χ4v) is 3.04. The van der Waals surface area contributed by atoms with Crippen molar-refractivity contribution in [2.45, 2.75) is 18.6 Å². The summed E-state index contributed by atoms with van der Waals surface area (Å²) in [5, 5.41) is 9.54. The van der Waals surface area contributed by atoms with Gasteiger partial charge in [-0.1, -0.05) is 54.6 Å². The van der Waals surface area contributed by atoms with Gasteiger partial charge in [0.15, 0.2) is 6.10 Å². The van der Waals surface area contributed by atoms with Crippen molar-refractivity contribution in [1.29, 1.82) is 0 Å². The smallest absolute Gasteiger partial charge is 0.338 e. The molecule has 0 radical (unpaired) electrons. The molecule has 0 aliphatic heterocycles. The molecule has 0 heterocycles. The topological polar surface area (TPSA) is 99.1 Å². The number of carbonyl (C=O) groups is 3. The Hall–Kier alpha value is -3.97. The molecular formula is C26H24O7. The minimum absolute atomic E-state index is 0.0196. The molecule has 0 unspecified atom stereocenters. The van der Waals surface area contributed by atoms with Crippen molar-refractivity contribution in [2.24, 2.45) is 0 Å². The number of hydrogen-bond acceptors (Lipinski definition) is 7. The van der Waals surface area contributed by atoms with Crippen LogP contribution in [0.4, 0.5) is 0 Å². The molecule has 3 aromatic rings. The molecule has 3 aromatic carbocycles. The van der Waals surface area contributed by atoms with Crippen molar-refractivity contribution in [2.75, 3.05) is 13.2 Å². The summed E-state index contributed by atoms with van der Waals surface area (Å²) in [6, 6.07) is 24.9. The maximum absolute atomic E-state index is 12.7. The zero-order valence-corrected chi connectivity index (χ0v) is 17.8. The Kier molecular flexibility index (Phi) is 8.73. The van der Waals surface area contributed by atoms with E-state index in [0.717, 1.165) is 0 Å². The van der Waals surface area contributed by atoms with E-state index in [-0.39, 0.29) is 25.2 Å². The molecule has 33 heavy (non-hydrogen) atoms. The summed E-state index contributed by atoms with van der Waals surface area (Å²) in [4.78, 5) is 37.7. The van der Waals surface area contributed by atoms with E-state index >= 15 is 0 Å². The lowest BCUT2D eigenvalue weighted by molar-refractivity contribution is -0.0632. The number of ether oxygens (including phenoxy) is 3. The molecule has 0 aromatic heterocycles. The monoisotopic (exact) mass is 448 g/mol. The Balaban J connectivity index is 1.78. The molecule has 0 fully saturated rings. The van der Waals surface area contributed by atoms with Gasteiger partial charge in [0.05, 0.1) is 16.7 Å². The molecule has 0 bridgehead atoms. The molecule has 7 heteroatoms. The van der Waals surface area contributed by atoms with Crippen LogP contribution in [0.15, 0.2) is 91.0 Å². The highest BCUT2D eigenvalue weighted by Crippen LogP contribution is 2.16. The van der Waals surface area contributed by atoms with Crippen LogP contribution in [0.3, 0.4) is 0 Å². The lowest BCUT2D eigenvalue weighted by Crippen LogP contribution is -2.40. The lowest BCUT2D eigenvalue weighted by atomic mass is 10.1. The maximum Gasteiger partial charge on any atom is 0.338 e. The van der Waals surface area contributed by atoms with Gasteiger partial charge in [-0.3, -0.25) is 0 Å². The quantitative estimate of drug-likeness (QED) is 0.373. The van der Waals surface area contributed by atoms with Crippen molar-refractivity contribution in [3.05, 3.63) is 108 Å². The van der Waals surface area contributed by atoms with Crippen LogP contribution >= 0.6 is 0 Å². The predicted octanol–water partition coefficient (Wildman–Crippen LogP) is 3.68. The van der Waals surface area contributed by atoms with Crippen LogP contribution in [-0.4, -0.2) is 48.4 Å². The van der Waals surface area contributed by atoms with E-state index in [4.69, 9.17) is 14.2 Å². The van der Waals surface area contributed by atoms with Crippen molar-refractivity contribution >= 4 is 17.9 Å². The molecule has 170 valence electrons. The summed E-state index contributed by atoms with van der Waals surface area (Å²) >= 11 is 0. The van der Waals surface area contributed by atoms with Gasteiger partial charge in [0.25, 0.3) is 0 Å². The first kappa shape index (κ1) is 23.7. The Morgan fingerprint density at radius 1 is 0.606 bits per heavy atom. The van der Waals surface area contributed by atoms with E-state index < -0.39 is 30.1 Å². The molecule has 7 nitrogen and oxygen atoms in total. The number of benzene rings is 3. The fraction of sp³-hybridized carbons (Fsp3) is 0.192. The molecular weight excluding hydrogens is 424 g/mol. The van der Waals surface area contributed by atoms with Crippen LogP contribution in [0, 0.1) is 0 Å². The molecule has 0 saturated heterocycles. The number of aliphatic hydroxyl groups is 1. The van der Waals surface area contributed by atoms with Crippen molar-refractivity contribution in [3.63, 3.8) is 0 Å². The Bertz CT molecular complexity index is 1040. The number of rotatable bonds is 10. The van der Waals surface area contributed by atoms with Crippen LogP contribution in [0.1, 0.15) is 37.5 Å². The summed E-state index contributed by atoms with van der Waals surface area (Å²) in [5.41, 5.74) is 0.912. The SMILES string of the molecule is O=C(OC[C@H](OC(=O)c1ccccc1)[C@@H](CCO)OC(=O)c1ccccc1)c1ccccc1. The van der Waals surface area contributed by atoms with Crippen molar-refractivity contribution in [3.8, 4) is 0 Å². The third kappa shape index (κ3) is 7.02. The highest BCUT2D eigenvalue weighted by Gasteiger charge is 2.31. The summed E-state index contributed by atoms with van der Waals surface area (Å²) in [5.74, 6) is -1.94. The summed E-state index contributed by atoms with van der Waals surface area (Å²) < 4.78 is 16.5. The van der Waals surface area contributed by atoms with Crippen LogP contribution in [-0.2, 0) is 14.2 Å². The first-order valence-electron chi connectivity index (χ1n) is 10.4. The second kappa shape index (κ2) is 12.2. The minimum Gasteiger partial charge on any atom is -0.458 e. The van der Waals surface area contributed by atoms with Gasteiger partial charge in [-0.2, -0.15) is 0 Å². The molecule has 0 aliphatic carbocycles. The van der Waals surface area contributed by atoms with E-state index in [1.807, 2.05) is 0 Å². The zero-order valence-electron chi connectivity index (χ0n) is 17.8. The van der Waals surface area contributed by atoms with Gasteiger partial charge in [-0.05, 0) is 36.4 Å². The third-order valence-corrected chi connectivity index (χ3v) is 4.75. The van der Waals surface area contributed by atoms with E-state index in [0.29, 0.717) is 11.1 Å². The van der Waals surface area contributed by atoms with Crippen LogP contribution in [0.25, 0.3) is 0 Å². The molecule has 0 spiro atoms. The van der Waals surface area contributed by atoms with Gasteiger partial charge in [0.1, 0.15) is 12.7 Å². The Labute approximate surface area is 191 Å². The maximum atomic E-state index is 12.7. The van der Waals surface area contributed by atoms with Gasteiger partial charge < -0.3 is 19.3 Å². The Morgan fingerprint density at radius 3 is 1.42 bits per heavy atom. The molecule has 1 N–H and O–H groups in total. The molecule has 0 saturated carbocycles. The van der Waals surface area contributed by atoms with Crippen molar-refractivity contribution in [1.82, 2.24) is 0 Å². The summed E-state index contributed by atoms with van der Waals surface area (Å²) in [7, 11) is 0. The fourth-order valence-electron chi connectivity index (χ4n) is 3.04. The molecule has 3 rings (SSSR count). The third-order valence-electron chi connectivity index (χ3n) is 4.75. The molecule has 0 aliphatic rings. The van der Waals surface area contributed by atoms with Crippen LogP contribution < -0.4 is 0 Å². The largest absolute Gasteiger partial charge is 0.458 e. The van der Waals surface area contributed by atoms with Gasteiger partial charge in [0, 0.05) is 13.0 Å². The highest BCUT2D eigenvalue weighted by atomic mass is 16.6. The lowest BCUT2D eigenvalue weighted by Gasteiger charge is -2.26. The zero-order chi connectivity index (χ0) is 23.5. The molecule has 2 atom stereocenters. The number of aliphatic hydroxyl groups excluding tert-OH is 1. The first-order valence-corrected chi connectivity index (χ1v) is 10.4. The van der Waals surface area contributed by atoms with E-state index in [2.05, 4.69) is 0 Å². The van der Waals surface area contributed by atoms with Gasteiger partial charge in [-0.15, -0.1) is 0 Å². The van der Waals surface area contributed by atoms with Gasteiger partial charge in [-0.25, -0.2) is 14.4 Å². The van der Waals surface area contributed by atoms with Crippen LogP contribution in [0.5, 0.6) is 0 Å². The summed E-state index contributed by atoms with van der Waals surface area (Å²) in [6.07, 6.45) is -2.20. The standard InChI is InChI=1S/C26H24O7/c27-17-16-22(32-25(29)20-12-6-2-7-13-20)23(33-26(30)21-14-8-3-9-15-21)18-31-24(28)19-10-4-1-5-11-19/h1-15,22-23,27H,16-18H2/t22-,23+/m1/s1. The average Bonchev–Trinajstić information content (AvgIpc) is 2.87. The van der Waals surface area contributed by atoms with E-state index in [1.165, 1.54) is 0 Å². The van der Waals surface area contributed by atoms with E-state index in [9.17, 15) is 19.5 Å². The number of carbonyl (C=O) groups excluding carboxylic acids is 3. The van der Waals surface area contributed by atoms with Gasteiger partial charge in [0.2, 0.25) is 0 Å². The second-order valence-corrected chi connectivity index (χ2v) is 7.10. The molecule has 0 amide bonds. The normalized spacial score (nSPS) is 12.3. The number of esters is 3. The second-order valence-electron chi connectivity index (χ2n) is 7.10. The first-order chi connectivity index (χ1) is 16.1. The van der Waals surface area contributed by atoms with E-state index in [1.54, 1.807) is 91.0 Å². The predicted molar refractivity (Wildman–Crippen MR) is 120 cm³/mol. The summed E-state index contributed by atoms with van der Waals surface area (Å²) in [6.45, 7) is -0.697. The minimum atomic E-state index is -1.13. The number of hydrogen-bond donors (Lipinski definition) is 1. The van der Waals surface area contributed by atoms with Crippen LogP contribution in [0.2, 0.25) is 0 Å². The van der Waals surface area contributed by atoms with Gasteiger partial charge >= 0.3 is 17.9 Å². The highest BCUT2D eigenvalue weighted by molar-refractivity contribution is 5.91. The van der Waals surface area contributed by atoms with Crippen molar-refractivity contribution < 1.29 is 33.7 Å².